The van der Waals surface area contributed by atoms with E-state index in [-0.39, 0.29) is 11.5 Å². The van der Waals surface area contributed by atoms with Gasteiger partial charge in [-0.1, -0.05) is 25.3 Å². The van der Waals surface area contributed by atoms with Crippen molar-refractivity contribution in [1.82, 2.24) is 0 Å². The Labute approximate surface area is 88.8 Å². The molecule has 0 fully saturated rings. The van der Waals surface area contributed by atoms with Crippen molar-refractivity contribution in [2.45, 2.75) is 0 Å². The minimum absolute atomic E-state index is 0.363. The van der Waals surface area contributed by atoms with Crippen molar-refractivity contribution in [1.29, 1.82) is 0 Å². The van der Waals surface area contributed by atoms with Crippen molar-refractivity contribution in [3.05, 3.63) is 49.0 Å². The molecule has 4 N–H and O–H groups in total. The molecule has 0 unspecified atom stereocenters. The predicted octanol–water partition coefficient (Wildman–Crippen LogP) is 1.21. The number of rotatable bonds is 6. The number of allylic oxidation sites excluding steroid dienone is 4. The Hall–Kier alpha value is -1.52. The van der Waals surface area contributed by atoms with Crippen LogP contribution in [-0.4, -0.2) is 33.6 Å². The first-order chi connectivity index (χ1) is 7.08. The van der Waals surface area contributed by atoms with Crippen molar-refractivity contribution in [2.24, 2.45) is 5.41 Å². The predicted molar refractivity (Wildman–Crippen MR) is 58.4 cm³/mol. The summed E-state index contributed by atoms with van der Waals surface area (Å²) in [4.78, 5) is 0. The van der Waals surface area contributed by atoms with Gasteiger partial charge in [-0.3, -0.25) is 0 Å². The highest BCUT2D eigenvalue weighted by Gasteiger charge is 2.37. The quantitative estimate of drug-likeness (QED) is 0.394. The van der Waals surface area contributed by atoms with Gasteiger partial charge in [0.15, 0.2) is 0 Å². The number of aliphatic hydroxyl groups excluding tert-OH is 4. The second-order valence-electron chi connectivity index (χ2n) is 2.97. The lowest BCUT2D eigenvalue weighted by Crippen LogP contribution is -2.34. The zero-order chi connectivity index (χ0) is 11.9. The van der Waals surface area contributed by atoms with Crippen LogP contribution in [0.4, 0.5) is 0 Å². The number of hydrogen-bond acceptors (Lipinski definition) is 4. The van der Waals surface area contributed by atoms with Crippen LogP contribution in [-0.2, 0) is 0 Å². The monoisotopic (exact) mass is 212 g/mol. The standard InChI is InChI=1S/C11H16O4/c1-3-5-9(14)11(7-12,8-13)10(15)6-4-2/h3-6,12-15H,1-2,7-8H2. The molecule has 0 aliphatic carbocycles. The van der Waals surface area contributed by atoms with Crippen molar-refractivity contribution < 1.29 is 20.4 Å². The molecule has 0 saturated carbocycles. The highest BCUT2D eigenvalue weighted by Crippen LogP contribution is 2.31. The van der Waals surface area contributed by atoms with Gasteiger partial charge < -0.3 is 20.4 Å². The zero-order valence-electron chi connectivity index (χ0n) is 8.43. The Morgan fingerprint density at radius 1 is 0.933 bits per heavy atom. The lowest BCUT2D eigenvalue weighted by Gasteiger charge is -2.28. The van der Waals surface area contributed by atoms with Crippen molar-refractivity contribution in [3.8, 4) is 0 Å². The average Bonchev–Trinajstić information content (AvgIpc) is 2.21. The smallest absolute Gasteiger partial charge is 0.130 e. The van der Waals surface area contributed by atoms with Gasteiger partial charge in [0.25, 0.3) is 0 Å². The van der Waals surface area contributed by atoms with Gasteiger partial charge in [-0.15, -0.1) is 0 Å². The lowest BCUT2D eigenvalue weighted by molar-refractivity contribution is 0.0457. The molecule has 84 valence electrons. The molecule has 0 rings (SSSR count). The topological polar surface area (TPSA) is 80.9 Å². The Morgan fingerprint density at radius 2 is 1.27 bits per heavy atom. The molecule has 0 radical (unpaired) electrons. The summed E-state index contributed by atoms with van der Waals surface area (Å²) in [5, 5.41) is 37.5. The van der Waals surface area contributed by atoms with E-state index in [4.69, 9.17) is 10.2 Å². The molecular weight excluding hydrogens is 196 g/mol. The maximum Gasteiger partial charge on any atom is 0.130 e. The van der Waals surface area contributed by atoms with E-state index >= 15 is 0 Å². The van der Waals surface area contributed by atoms with Crippen molar-refractivity contribution in [2.75, 3.05) is 13.2 Å². The van der Waals surface area contributed by atoms with Gasteiger partial charge in [0, 0.05) is 0 Å². The molecular formula is C11H16O4. The molecule has 0 heterocycles. The summed E-state index contributed by atoms with van der Waals surface area (Å²) in [6.07, 6.45) is 4.96. The van der Waals surface area contributed by atoms with Gasteiger partial charge in [0.05, 0.1) is 13.2 Å². The molecule has 0 aliphatic heterocycles. The van der Waals surface area contributed by atoms with Crippen LogP contribution in [0.1, 0.15) is 0 Å². The average molecular weight is 212 g/mol. The highest BCUT2D eigenvalue weighted by atomic mass is 16.3. The molecule has 4 nitrogen and oxygen atoms in total. The third-order valence-corrected chi connectivity index (χ3v) is 2.07. The van der Waals surface area contributed by atoms with E-state index in [1.807, 2.05) is 0 Å². The lowest BCUT2D eigenvalue weighted by atomic mass is 9.84. The summed E-state index contributed by atoms with van der Waals surface area (Å²) in [5.41, 5.74) is -1.59. The summed E-state index contributed by atoms with van der Waals surface area (Å²) in [6, 6.07) is 0. The maximum atomic E-state index is 9.59. The molecule has 0 spiro atoms. The van der Waals surface area contributed by atoms with E-state index in [2.05, 4.69) is 13.2 Å². The second-order valence-corrected chi connectivity index (χ2v) is 2.97. The number of hydrogen-bond donors (Lipinski definition) is 4. The van der Waals surface area contributed by atoms with Crippen LogP contribution in [0.5, 0.6) is 0 Å². The van der Waals surface area contributed by atoms with Gasteiger partial charge in [0.2, 0.25) is 0 Å². The van der Waals surface area contributed by atoms with Crippen LogP contribution in [0.15, 0.2) is 49.0 Å². The maximum absolute atomic E-state index is 9.59. The number of aliphatic hydroxyl groups is 4. The Morgan fingerprint density at radius 3 is 1.47 bits per heavy atom. The fraction of sp³-hybridized carbons (Fsp3) is 0.273. The van der Waals surface area contributed by atoms with Crippen molar-refractivity contribution in [3.63, 3.8) is 0 Å². The summed E-state index contributed by atoms with van der Waals surface area (Å²) < 4.78 is 0. The van der Waals surface area contributed by atoms with Crippen LogP contribution in [0.2, 0.25) is 0 Å². The zero-order valence-corrected chi connectivity index (χ0v) is 8.43. The highest BCUT2D eigenvalue weighted by molar-refractivity contribution is 5.26. The summed E-state index contributed by atoms with van der Waals surface area (Å²) >= 11 is 0. The van der Waals surface area contributed by atoms with E-state index in [0.717, 1.165) is 0 Å². The molecule has 0 atom stereocenters. The normalized spacial score (nSPS) is 13.7. The van der Waals surface area contributed by atoms with E-state index in [1.165, 1.54) is 24.3 Å². The van der Waals surface area contributed by atoms with E-state index < -0.39 is 18.6 Å². The Balaban J connectivity index is 5.40. The molecule has 4 heteroatoms. The Bertz CT molecular complexity index is 259. The first kappa shape index (κ1) is 13.5. The molecule has 0 aliphatic rings. The van der Waals surface area contributed by atoms with Gasteiger partial charge >= 0.3 is 0 Å². The Kier molecular flexibility index (Phi) is 5.44. The molecule has 0 aromatic rings. The minimum Gasteiger partial charge on any atom is -0.511 e. The van der Waals surface area contributed by atoms with Gasteiger partial charge in [0.1, 0.15) is 16.9 Å². The van der Waals surface area contributed by atoms with Crippen LogP contribution in [0.3, 0.4) is 0 Å². The van der Waals surface area contributed by atoms with E-state index in [0.29, 0.717) is 0 Å². The molecule has 0 aromatic heterocycles. The molecule has 0 bridgehead atoms. The summed E-state index contributed by atoms with van der Waals surface area (Å²) in [7, 11) is 0. The molecule has 0 amide bonds. The molecule has 0 aromatic carbocycles. The second kappa shape index (κ2) is 6.06. The van der Waals surface area contributed by atoms with Gasteiger partial charge in [-0.25, -0.2) is 0 Å². The SMILES string of the molecule is C=CC=C(O)C(CO)(CO)C(O)=CC=C. The largest absolute Gasteiger partial charge is 0.511 e. The molecule has 15 heavy (non-hydrogen) atoms. The van der Waals surface area contributed by atoms with Crippen LogP contribution in [0.25, 0.3) is 0 Å². The van der Waals surface area contributed by atoms with Crippen molar-refractivity contribution >= 4 is 0 Å². The summed E-state index contributed by atoms with van der Waals surface area (Å²) in [5.74, 6) is -0.726. The minimum atomic E-state index is -1.59. The van der Waals surface area contributed by atoms with Gasteiger partial charge in [-0.05, 0) is 12.2 Å². The van der Waals surface area contributed by atoms with Crippen LogP contribution >= 0.6 is 0 Å². The fourth-order valence-electron chi connectivity index (χ4n) is 1.05. The van der Waals surface area contributed by atoms with Crippen LogP contribution < -0.4 is 0 Å². The third-order valence-electron chi connectivity index (χ3n) is 2.07. The molecule has 0 saturated heterocycles. The first-order valence-corrected chi connectivity index (χ1v) is 4.35. The third kappa shape index (κ3) is 2.71. The van der Waals surface area contributed by atoms with E-state index in [9.17, 15) is 10.2 Å². The van der Waals surface area contributed by atoms with Gasteiger partial charge in [-0.2, -0.15) is 0 Å². The summed E-state index contributed by atoms with van der Waals surface area (Å²) in [6.45, 7) is 5.48. The van der Waals surface area contributed by atoms with Crippen LogP contribution in [0, 0.1) is 5.41 Å². The fourth-order valence-corrected chi connectivity index (χ4v) is 1.05. The van der Waals surface area contributed by atoms with E-state index in [1.54, 1.807) is 0 Å². The first-order valence-electron chi connectivity index (χ1n) is 4.35.